The van der Waals surface area contributed by atoms with E-state index in [1.54, 1.807) is 0 Å². The smallest absolute Gasteiger partial charge is 0.239 e. The van der Waals surface area contributed by atoms with Gasteiger partial charge in [0.25, 0.3) is 0 Å². The van der Waals surface area contributed by atoms with E-state index in [2.05, 4.69) is 34.4 Å². The molecule has 8 N–H and O–H groups in total. The quantitative estimate of drug-likeness (QED) is 0.175. The molecule has 1 aliphatic rings. The number of hydrogen-bond acceptors (Lipinski definition) is 7. The third-order valence-corrected chi connectivity index (χ3v) is 6.36. The van der Waals surface area contributed by atoms with E-state index in [-0.39, 0.29) is 30.9 Å². The number of rotatable bonds is 17. The molecule has 0 spiro atoms. The second-order valence-electron chi connectivity index (χ2n) is 9.26. The zero-order valence-electron chi connectivity index (χ0n) is 21.4. The lowest BCUT2D eigenvalue weighted by atomic mass is 9.99. The van der Waals surface area contributed by atoms with Crippen molar-refractivity contribution in [3.8, 4) is 0 Å². The number of hydrogen-bond donors (Lipinski definition) is 6. The van der Waals surface area contributed by atoms with Crippen molar-refractivity contribution in [2.45, 2.75) is 50.6 Å². The summed E-state index contributed by atoms with van der Waals surface area (Å²) in [6.45, 7) is 11.2. The van der Waals surface area contributed by atoms with Crippen LogP contribution in [0.4, 0.5) is 0 Å². The molecule has 1 fully saturated rings. The van der Waals surface area contributed by atoms with Crippen LogP contribution in [0.3, 0.4) is 0 Å². The van der Waals surface area contributed by atoms with Crippen LogP contribution in [0.25, 0.3) is 0 Å². The van der Waals surface area contributed by atoms with Crippen molar-refractivity contribution in [3.63, 3.8) is 0 Å². The van der Waals surface area contributed by atoms with Gasteiger partial charge in [-0.2, -0.15) is 0 Å². The monoisotopic (exact) mass is 500 g/mol. The van der Waals surface area contributed by atoms with Crippen LogP contribution in [-0.2, 0) is 20.7 Å². The molecule has 1 aromatic rings. The minimum atomic E-state index is -0.396. The van der Waals surface area contributed by atoms with Crippen molar-refractivity contribution in [2.75, 3.05) is 39.4 Å². The molecule has 1 heterocycles. The molecule has 9 nitrogen and oxygen atoms in total. The van der Waals surface area contributed by atoms with Gasteiger partial charge in [0.05, 0.1) is 25.2 Å². The van der Waals surface area contributed by atoms with Crippen molar-refractivity contribution >= 4 is 11.8 Å². The first-order valence-corrected chi connectivity index (χ1v) is 12.9. The number of carbonyl (C=O) groups is 2. The van der Waals surface area contributed by atoms with Gasteiger partial charge in [0.1, 0.15) is 0 Å². The summed E-state index contributed by atoms with van der Waals surface area (Å²) in [5.74, 6) is 0.0906. The summed E-state index contributed by atoms with van der Waals surface area (Å²) in [6.07, 6.45) is 5.13. The lowest BCUT2D eigenvalue weighted by Crippen LogP contribution is -2.47. The van der Waals surface area contributed by atoms with E-state index in [1.165, 1.54) is 0 Å². The summed E-state index contributed by atoms with van der Waals surface area (Å²) in [4.78, 5) is 24.8. The van der Waals surface area contributed by atoms with Crippen LogP contribution in [0, 0.1) is 5.92 Å². The second kappa shape index (κ2) is 16.7. The van der Waals surface area contributed by atoms with E-state index in [0.29, 0.717) is 24.6 Å². The molecule has 0 saturated carbocycles. The lowest BCUT2D eigenvalue weighted by molar-refractivity contribution is -0.120. The van der Waals surface area contributed by atoms with Gasteiger partial charge in [0.15, 0.2) is 0 Å². The highest BCUT2D eigenvalue weighted by Gasteiger charge is 2.20. The SMILES string of the molecule is C=C(NCC1CCOCC1)C(CCCCN)NC(=O)CNC(=C)C(Cc1ccccc1)NC(=O)CN. The first-order chi connectivity index (χ1) is 17.4. The van der Waals surface area contributed by atoms with Crippen LogP contribution in [0.1, 0.15) is 37.7 Å². The Morgan fingerprint density at radius 3 is 2.28 bits per heavy atom. The van der Waals surface area contributed by atoms with E-state index in [0.717, 1.165) is 63.1 Å². The molecule has 1 aromatic carbocycles. The zero-order chi connectivity index (χ0) is 26.2. The van der Waals surface area contributed by atoms with Crippen molar-refractivity contribution < 1.29 is 14.3 Å². The van der Waals surface area contributed by atoms with Crippen molar-refractivity contribution in [2.24, 2.45) is 17.4 Å². The number of nitrogens with two attached hydrogens (primary N) is 2. The molecule has 2 unspecified atom stereocenters. The molecule has 36 heavy (non-hydrogen) atoms. The Balaban J connectivity index is 1.89. The largest absolute Gasteiger partial charge is 0.387 e. The second-order valence-corrected chi connectivity index (χ2v) is 9.26. The number of nitrogens with one attached hydrogen (secondary N) is 4. The fourth-order valence-electron chi connectivity index (χ4n) is 4.10. The van der Waals surface area contributed by atoms with Gasteiger partial charge in [-0.15, -0.1) is 0 Å². The predicted octanol–water partition coefficient (Wildman–Crippen LogP) is 0.920. The molecule has 200 valence electrons. The third-order valence-electron chi connectivity index (χ3n) is 6.36. The van der Waals surface area contributed by atoms with Gasteiger partial charge in [-0.25, -0.2) is 0 Å². The van der Waals surface area contributed by atoms with Gasteiger partial charge in [0, 0.05) is 31.2 Å². The van der Waals surface area contributed by atoms with Crippen molar-refractivity contribution in [3.05, 3.63) is 60.4 Å². The Morgan fingerprint density at radius 2 is 1.61 bits per heavy atom. The van der Waals surface area contributed by atoms with E-state index >= 15 is 0 Å². The summed E-state index contributed by atoms with van der Waals surface area (Å²) in [7, 11) is 0. The lowest BCUT2D eigenvalue weighted by Gasteiger charge is -2.27. The van der Waals surface area contributed by atoms with E-state index in [1.807, 2.05) is 30.3 Å². The van der Waals surface area contributed by atoms with Gasteiger partial charge in [-0.3, -0.25) is 9.59 Å². The summed E-state index contributed by atoms with van der Waals surface area (Å²) in [5.41, 5.74) is 13.5. The molecular weight excluding hydrogens is 456 g/mol. The molecule has 9 heteroatoms. The van der Waals surface area contributed by atoms with Crippen LogP contribution in [-0.4, -0.2) is 63.3 Å². The molecule has 2 rings (SSSR count). The standard InChI is InChI=1S/C27H44N6O3/c1-20(30-18-23-11-14-36-15-12-23)24(10-6-7-13-28)32-27(35)19-31-21(2)25(33-26(34)17-29)16-22-8-4-3-5-9-22/h3-5,8-9,23-25,30-31H,1-2,6-7,10-19,28-29H2,(H,32,35)(H,33,34). The van der Waals surface area contributed by atoms with Crippen molar-refractivity contribution in [1.82, 2.24) is 21.3 Å². The topological polar surface area (TPSA) is 144 Å². The Labute approximate surface area is 215 Å². The van der Waals surface area contributed by atoms with Crippen LogP contribution in [0.15, 0.2) is 54.9 Å². The molecular formula is C27H44N6O3. The first-order valence-electron chi connectivity index (χ1n) is 12.9. The van der Waals surface area contributed by atoms with Gasteiger partial charge in [-0.05, 0) is 56.6 Å². The van der Waals surface area contributed by atoms with Crippen LogP contribution in [0.2, 0.25) is 0 Å². The summed E-state index contributed by atoms with van der Waals surface area (Å²) in [5, 5.41) is 12.5. The fraction of sp³-hybridized carbons (Fsp3) is 0.556. The minimum Gasteiger partial charge on any atom is -0.387 e. The third kappa shape index (κ3) is 11.2. The fourth-order valence-corrected chi connectivity index (χ4v) is 4.10. The highest BCUT2D eigenvalue weighted by atomic mass is 16.5. The predicted molar refractivity (Wildman–Crippen MR) is 144 cm³/mol. The van der Waals surface area contributed by atoms with Gasteiger partial charge in [-0.1, -0.05) is 43.5 Å². The highest BCUT2D eigenvalue weighted by molar-refractivity contribution is 5.79. The molecule has 0 aromatic heterocycles. The van der Waals surface area contributed by atoms with Gasteiger partial charge < -0.3 is 37.5 Å². The van der Waals surface area contributed by atoms with E-state index in [4.69, 9.17) is 16.2 Å². The summed E-state index contributed by atoms with van der Waals surface area (Å²) >= 11 is 0. The van der Waals surface area contributed by atoms with Crippen LogP contribution in [0.5, 0.6) is 0 Å². The highest BCUT2D eigenvalue weighted by Crippen LogP contribution is 2.15. The maximum atomic E-state index is 12.8. The van der Waals surface area contributed by atoms with Crippen LogP contribution >= 0.6 is 0 Å². The Bertz CT molecular complexity index is 826. The Hall–Kier alpha value is -2.88. The molecule has 0 aliphatic carbocycles. The molecule has 2 atom stereocenters. The Kier molecular flexibility index (Phi) is 13.6. The molecule has 1 saturated heterocycles. The maximum absolute atomic E-state index is 12.8. The minimum absolute atomic E-state index is 0.0310. The zero-order valence-corrected chi connectivity index (χ0v) is 21.4. The first kappa shape index (κ1) is 29.4. The van der Waals surface area contributed by atoms with Crippen LogP contribution < -0.4 is 32.7 Å². The number of ether oxygens (including phenoxy) is 1. The van der Waals surface area contributed by atoms with Gasteiger partial charge >= 0.3 is 0 Å². The Morgan fingerprint density at radius 1 is 0.944 bits per heavy atom. The average Bonchev–Trinajstić information content (AvgIpc) is 2.90. The maximum Gasteiger partial charge on any atom is 0.239 e. The molecule has 0 bridgehead atoms. The van der Waals surface area contributed by atoms with E-state index in [9.17, 15) is 9.59 Å². The number of benzene rings is 1. The number of amides is 2. The average molecular weight is 501 g/mol. The normalized spacial score (nSPS) is 15.4. The van der Waals surface area contributed by atoms with E-state index < -0.39 is 6.04 Å². The number of unbranched alkanes of at least 4 members (excludes halogenated alkanes) is 1. The number of carbonyl (C=O) groups excluding carboxylic acids is 2. The van der Waals surface area contributed by atoms with Gasteiger partial charge in [0.2, 0.25) is 11.8 Å². The summed E-state index contributed by atoms with van der Waals surface area (Å²) in [6, 6.07) is 9.18. The molecule has 2 amide bonds. The molecule has 1 aliphatic heterocycles. The van der Waals surface area contributed by atoms with Crippen molar-refractivity contribution in [1.29, 1.82) is 0 Å². The molecule has 0 radical (unpaired) electrons. The summed E-state index contributed by atoms with van der Waals surface area (Å²) < 4.78 is 5.43.